The Morgan fingerprint density at radius 2 is 2.30 bits per heavy atom. The van der Waals surface area contributed by atoms with E-state index in [0.717, 1.165) is 17.2 Å². The minimum atomic E-state index is 0.281. The zero-order valence-corrected chi connectivity index (χ0v) is 12.9. The molecule has 1 N–H and O–H groups in total. The molecule has 2 unspecified atom stereocenters. The van der Waals surface area contributed by atoms with Crippen LogP contribution in [0.2, 0.25) is 5.02 Å². The molecule has 0 aliphatic carbocycles. The molecule has 2 heterocycles. The van der Waals surface area contributed by atoms with Gasteiger partial charge < -0.3 is 5.32 Å². The number of rotatable bonds is 3. The van der Waals surface area contributed by atoms with Crippen LogP contribution < -0.4 is 5.32 Å². The van der Waals surface area contributed by atoms with E-state index in [-0.39, 0.29) is 6.04 Å². The standard InChI is InChI=1S/C16H17ClN2S/c1-11(12-3-2-7-18-10-12)19-15-6-8-20-16-5-4-13(17)9-14(15)16/h2-5,7,9-11,15,19H,6,8H2,1H3. The van der Waals surface area contributed by atoms with Crippen molar-refractivity contribution in [3.05, 3.63) is 58.9 Å². The van der Waals surface area contributed by atoms with Crippen molar-refractivity contribution >= 4 is 23.4 Å². The number of nitrogens with one attached hydrogen (secondary N) is 1. The molecule has 1 aromatic heterocycles. The number of benzene rings is 1. The molecule has 0 saturated carbocycles. The van der Waals surface area contributed by atoms with Crippen LogP contribution in [-0.4, -0.2) is 10.7 Å². The third kappa shape index (κ3) is 3.00. The second-order valence-electron chi connectivity index (χ2n) is 5.05. The molecule has 2 nitrogen and oxygen atoms in total. The summed E-state index contributed by atoms with van der Waals surface area (Å²) >= 11 is 8.06. The van der Waals surface area contributed by atoms with Gasteiger partial charge in [0.1, 0.15) is 0 Å². The average Bonchev–Trinajstić information content (AvgIpc) is 2.49. The van der Waals surface area contributed by atoms with Crippen molar-refractivity contribution in [1.29, 1.82) is 0 Å². The molecular weight excluding hydrogens is 288 g/mol. The van der Waals surface area contributed by atoms with Crippen LogP contribution in [0.1, 0.15) is 36.6 Å². The summed E-state index contributed by atoms with van der Waals surface area (Å²) in [5.41, 5.74) is 2.54. The van der Waals surface area contributed by atoms with Gasteiger partial charge >= 0.3 is 0 Å². The highest BCUT2D eigenvalue weighted by molar-refractivity contribution is 7.99. The molecule has 2 aromatic rings. The Hall–Kier alpha value is -1.03. The highest BCUT2D eigenvalue weighted by Crippen LogP contribution is 2.38. The smallest absolute Gasteiger partial charge is 0.0410 e. The lowest BCUT2D eigenvalue weighted by Crippen LogP contribution is -2.27. The summed E-state index contributed by atoms with van der Waals surface area (Å²) < 4.78 is 0. The molecule has 0 fully saturated rings. The van der Waals surface area contributed by atoms with Crippen LogP contribution in [0.5, 0.6) is 0 Å². The van der Waals surface area contributed by atoms with E-state index in [1.807, 2.05) is 36.3 Å². The van der Waals surface area contributed by atoms with Gasteiger partial charge in [-0.25, -0.2) is 0 Å². The Balaban J connectivity index is 1.81. The maximum Gasteiger partial charge on any atom is 0.0410 e. The first-order chi connectivity index (χ1) is 9.74. The van der Waals surface area contributed by atoms with Crippen molar-refractivity contribution in [1.82, 2.24) is 10.3 Å². The van der Waals surface area contributed by atoms with Crippen molar-refractivity contribution < 1.29 is 0 Å². The average molecular weight is 305 g/mol. The number of aromatic nitrogens is 1. The lowest BCUT2D eigenvalue weighted by molar-refractivity contribution is 0.449. The topological polar surface area (TPSA) is 24.9 Å². The number of pyridine rings is 1. The Kier molecular flexibility index (Phi) is 4.29. The van der Waals surface area contributed by atoms with Crippen molar-refractivity contribution in [3.8, 4) is 0 Å². The van der Waals surface area contributed by atoms with Crippen LogP contribution in [0, 0.1) is 0 Å². The summed E-state index contributed by atoms with van der Waals surface area (Å²) in [5.74, 6) is 1.14. The number of hydrogen-bond acceptors (Lipinski definition) is 3. The first-order valence-electron chi connectivity index (χ1n) is 6.82. The highest BCUT2D eigenvalue weighted by Gasteiger charge is 2.22. The number of halogens is 1. The van der Waals surface area contributed by atoms with E-state index >= 15 is 0 Å². The maximum atomic E-state index is 6.15. The predicted molar refractivity (Wildman–Crippen MR) is 85.3 cm³/mol. The van der Waals surface area contributed by atoms with Crippen molar-refractivity contribution in [2.24, 2.45) is 0 Å². The van der Waals surface area contributed by atoms with Crippen LogP contribution in [0.4, 0.5) is 0 Å². The second kappa shape index (κ2) is 6.17. The largest absolute Gasteiger partial charge is 0.303 e. The molecule has 0 spiro atoms. The normalized spacial score (nSPS) is 19.4. The molecule has 3 rings (SSSR count). The van der Waals surface area contributed by atoms with Gasteiger partial charge in [-0.2, -0.15) is 0 Å². The number of nitrogens with zero attached hydrogens (tertiary/aromatic N) is 1. The summed E-state index contributed by atoms with van der Waals surface area (Å²) in [4.78, 5) is 5.54. The van der Waals surface area contributed by atoms with Gasteiger partial charge in [0.25, 0.3) is 0 Å². The molecule has 1 aliphatic heterocycles. The van der Waals surface area contributed by atoms with Crippen molar-refractivity contribution in [2.45, 2.75) is 30.3 Å². The lowest BCUT2D eigenvalue weighted by atomic mass is 10.0. The minimum Gasteiger partial charge on any atom is -0.303 e. The van der Waals surface area contributed by atoms with Gasteiger partial charge in [0.2, 0.25) is 0 Å². The SMILES string of the molecule is CC(NC1CCSc2ccc(Cl)cc21)c1cccnc1. The maximum absolute atomic E-state index is 6.15. The molecule has 1 aliphatic rings. The quantitative estimate of drug-likeness (QED) is 0.895. The van der Waals surface area contributed by atoms with Gasteiger partial charge in [0.05, 0.1) is 0 Å². The summed E-state index contributed by atoms with van der Waals surface area (Å²) in [7, 11) is 0. The molecule has 1 aromatic carbocycles. The fourth-order valence-electron chi connectivity index (χ4n) is 2.57. The number of fused-ring (bicyclic) bond motifs is 1. The molecule has 0 saturated heterocycles. The van der Waals surface area contributed by atoms with E-state index in [1.165, 1.54) is 16.0 Å². The molecular formula is C16H17ClN2S. The van der Waals surface area contributed by atoms with Crippen molar-refractivity contribution in [2.75, 3.05) is 5.75 Å². The minimum absolute atomic E-state index is 0.281. The Bertz CT molecular complexity index is 588. The van der Waals surface area contributed by atoms with Gasteiger partial charge in [-0.3, -0.25) is 4.98 Å². The van der Waals surface area contributed by atoms with Crippen LogP contribution in [0.25, 0.3) is 0 Å². The van der Waals surface area contributed by atoms with E-state index in [1.54, 1.807) is 0 Å². The fourth-order valence-corrected chi connectivity index (χ4v) is 3.85. The van der Waals surface area contributed by atoms with Crippen LogP contribution in [0.3, 0.4) is 0 Å². The third-order valence-corrected chi connectivity index (χ3v) is 5.00. The monoisotopic (exact) mass is 304 g/mol. The highest BCUT2D eigenvalue weighted by atomic mass is 35.5. The van der Waals surface area contributed by atoms with Crippen LogP contribution >= 0.6 is 23.4 Å². The summed E-state index contributed by atoms with van der Waals surface area (Å²) in [6, 6.07) is 10.9. The van der Waals surface area contributed by atoms with E-state index in [9.17, 15) is 0 Å². The molecule has 0 bridgehead atoms. The van der Waals surface area contributed by atoms with E-state index in [0.29, 0.717) is 6.04 Å². The van der Waals surface area contributed by atoms with Gasteiger partial charge in [0.15, 0.2) is 0 Å². The van der Waals surface area contributed by atoms with E-state index in [2.05, 4.69) is 35.4 Å². The van der Waals surface area contributed by atoms with E-state index < -0.39 is 0 Å². The summed E-state index contributed by atoms with van der Waals surface area (Å²) in [6.07, 6.45) is 4.86. The molecule has 0 radical (unpaired) electrons. The van der Waals surface area contributed by atoms with E-state index in [4.69, 9.17) is 11.6 Å². The Morgan fingerprint density at radius 3 is 3.10 bits per heavy atom. The molecule has 4 heteroatoms. The van der Waals surface area contributed by atoms with Crippen LogP contribution in [0.15, 0.2) is 47.6 Å². The zero-order valence-electron chi connectivity index (χ0n) is 11.3. The molecule has 104 valence electrons. The first-order valence-corrected chi connectivity index (χ1v) is 8.18. The molecule has 20 heavy (non-hydrogen) atoms. The number of hydrogen-bond donors (Lipinski definition) is 1. The summed E-state index contributed by atoms with van der Waals surface area (Å²) in [6.45, 7) is 2.18. The lowest BCUT2D eigenvalue weighted by Gasteiger charge is -2.29. The molecule has 2 atom stereocenters. The van der Waals surface area contributed by atoms with Gasteiger partial charge in [-0.1, -0.05) is 17.7 Å². The fraction of sp³-hybridized carbons (Fsp3) is 0.312. The van der Waals surface area contributed by atoms with Gasteiger partial charge in [0, 0.05) is 34.4 Å². The zero-order chi connectivity index (χ0) is 13.9. The summed E-state index contributed by atoms with van der Waals surface area (Å²) in [5, 5.41) is 4.52. The number of thioether (sulfide) groups is 1. The van der Waals surface area contributed by atoms with Crippen molar-refractivity contribution in [3.63, 3.8) is 0 Å². The predicted octanol–water partition coefficient (Wildman–Crippen LogP) is 4.62. The van der Waals surface area contributed by atoms with Crippen LogP contribution in [-0.2, 0) is 0 Å². The third-order valence-electron chi connectivity index (χ3n) is 3.65. The Labute approximate surface area is 129 Å². The second-order valence-corrected chi connectivity index (χ2v) is 6.62. The van der Waals surface area contributed by atoms with Gasteiger partial charge in [-0.15, -0.1) is 11.8 Å². The Morgan fingerprint density at radius 1 is 1.40 bits per heavy atom. The van der Waals surface area contributed by atoms with Gasteiger partial charge in [-0.05, 0) is 54.5 Å². The first kappa shape index (κ1) is 13.9. The molecule has 0 amide bonds.